The number of aliphatic hydroxyl groups is 1. The number of aliphatic hydroxyl groups excluding tert-OH is 1. The predicted octanol–water partition coefficient (Wildman–Crippen LogP) is 1.57. The Kier molecular flexibility index (Phi) is 5.57. The SMILES string of the molecule is N#CCOc1cccc(CC(=O)NCC(O)c2ccco2)c1. The molecule has 2 aromatic rings. The normalized spacial score (nSPS) is 11.5. The second kappa shape index (κ2) is 7.86. The highest BCUT2D eigenvalue weighted by Crippen LogP contribution is 2.14. The molecule has 114 valence electrons. The van der Waals surface area contributed by atoms with Gasteiger partial charge in [0.2, 0.25) is 5.91 Å². The number of furan rings is 1. The summed E-state index contributed by atoms with van der Waals surface area (Å²) in [5.74, 6) is 0.734. The molecule has 0 aliphatic heterocycles. The van der Waals surface area contributed by atoms with Gasteiger partial charge in [-0.15, -0.1) is 0 Å². The largest absolute Gasteiger partial charge is 0.479 e. The fraction of sp³-hybridized carbons (Fsp3) is 0.250. The lowest BCUT2D eigenvalue weighted by Crippen LogP contribution is -2.29. The summed E-state index contributed by atoms with van der Waals surface area (Å²) in [6.07, 6.45) is 0.756. The van der Waals surface area contributed by atoms with Gasteiger partial charge in [0.05, 0.1) is 19.2 Å². The molecule has 0 spiro atoms. The van der Waals surface area contributed by atoms with Gasteiger partial charge in [0.25, 0.3) is 0 Å². The highest BCUT2D eigenvalue weighted by atomic mass is 16.5. The van der Waals surface area contributed by atoms with Crippen molar-refractivity contribution in [2.45, 2.75) is 12.5 Å². The van der Waals surface area contributed by atoms with E-state index in [0.29, 0.717) is 11.5 Å². The topological polar surface area (TPSA) is 95.5 Å². The van der Waals surface area contributed by atoms with Crippen LogP contribution in [0.4, 0.5) is 0 Å². The van der Waals surface area contributed by atoms with Gasteiger partial charge in [-0.1, -0.05) is 12.1 Å². The van der Waals surface area contributed by atoms with E-state index in [4.69, 9.17) is 14.4 Å². The predicted molar refractivity (Wildman–Crippen MR) is 77.9 cm³/mol. The molecule has 22 heavy (non-hydrogen) atoms. The number of carbonyl (C=O) groups is 1. The molecule has 0 bridgehead atoms. The molecule has 0 radical (unpaired) electrons. The summed E-state index contributed by atoms with van der Waals surface area (Å²) < 4.78 is 10.2. The summed E-state index contributed by atoms with van der Waals surface area (Å²) in [4.78, 5) is 11.9. The zero-order valence-corrected chi connectivity index (χ0v) is 11.9. The van der Waals surface area contributed by atoms with Gasteiger partial charge < -0.3 is 19.6 Å². The lowest BCUT2D eigenvalue weighted by Gasteiger charge is -2.10. The summed E-state index contributed by atoms with van der Waals surface area (Å²) in [6, 6.07) is 12.2. The Morgan fingerprint density at radius 1 is 1.41 bits per heavy atom. The van der Waals surface area contributed by atoms with Crippen LogP contribution in [0, 0.1) is 11.3 Å². The number of amides is 1. The Bertz CT molecular complexity index is 646. The maximum atomic E-state index is 11.9. The number of nitrogens with zero attached hydrogens (tertiary/aromatic N) is 1. The van der Waals surface area contributed by atoms with E-state index in [1.807, 2.05) is 6.07 Å². The molecule has 0 fully saturated rings. The van der Waals surface area contributed by atoms with E-state index in [-0.39, 0.29) is 25.5 Å². The maximum absolute atomic E-state index is 11.9. The molecule has 1 atom stereocenters. The van der Waals surface area contributed by atoms with Crippen molar-refractivity contribution in [3.63, 3.8) is 0 Å². The molecule has 6 heteroatoms. The molecule has 0 saturated heterocycles. The van der Waals surface area contributed by atoms with Crippen molar-refractivity contribution in [3.8, 4) is 11.8 Å². The zero-order chi connectivity index (χ0) is 15.8. The minimum Gasteiger partial charge on any atom is -0.479 e. The molecule has 2 N–H and O–H groups in total. The first-order valence-electron chi connectivity index (χ1n) is 6.76. The number of nitriles is 1. The van der Waals surface area contributed by atoms with Crippen LogP contribution < -0.4 is 10.1 Å². The third kappa shape index (κ3) is 4.65. The van der Waals surface area contributed by atoms with Crippen LogP contribution in [0.1, 0.15) is 17.4 Å². The second-order valence-corrected chi connectivity index (χ2v) is 4.61. The highest BCUT2D eigenvalue weighted by Gasteiger charge is 2.12. The summed E-state index contributed by atoms with van der Waals surface area (Å²) in [5.41, 5.74) is 0.764. The van der Waals surface area contributed by atoms with Gasteiger partial charge in [0.15, 0.2) is 6.61 Å². The minimum absolute atomic E-state index is 0.0367. The first kappa shape index (κ1) is 15.6. The van der Waals surface area contributed by atoms with E-state index in [2.05, 4.69) is 5.32 Å². The molecule has 1 aromatic carbocycles. The molecule has 1 heterocycles. The quantitative estimate of drug-likeness (QED) is 0.809. The van der Waals surface area contributed by atoms with Crippen LogP contribution >= 0.6 is 0 Å². The van der Waals surface area contributed by atoms with E-state index in [9.17, 15) is 9.90 Å². The fourth-order valence-electron chi connectivity index (χ4n) is 1.90. The molecule has 1 amide bonds. The molecular weight excluding hydrogens is 284 g/mol. The van der Waals surface area contributed by atoms with Gasteiger partial charge in [-0.05, 0) is 29.8 Å². The number of hydrogen-bond donors (Lipinski definition) is 2. The number of nitrogens with one attached hydrogen (secondary N) is 1. The van der Waals surface area contributed by atoms with Crippen LogP contribution in [0.15, 0.2) is 47.1 Å². The Morgan fingerprint density at radius 3 is 3.00 bits per heavy atom. The average molecular weight is 300 g/mol. The molecule has 2 rings (SSSR count). The number of ether oxygens (including phenoxy) is 1. The Hall–Kier alpha value is -2.78. The van der Waals surface area contributed by atoms with Crippen molar-refractivity contribution in [1.82, 2.24) is 5.32 Å². The number of rotatable bonds is 7. The second-order valence-electron chi connectivity index (χ2n) is 4.61. The van der Waals surface area contributed by atoms with Gasteiger partial charge in [0, 0.05) is 0 Å². The third-order valence-corrected chi connectivity index (χ3v) is 2.93. The standard InChI is InChI=1S/C16H16N2O4/c17-6-8-21-13-4-1-3-12(9-13)10-16(20)18-11-14(19)15-5-2-7-22-15/h1-5,7,9,14,19H,8,10-11H2,(H,18,20). The lowest BCUT2D eigenvalue weighted by atomic mass is 10.1. The number of benzene rings is 1. The van der Waals surface area contributed by atoms with Gasteiger partial charge in [-0.25, -0.2) is 0 Å². The molecule has 1 unspecified atom stereocenters. The molecular formula is C16H16N2O4. The van der Waals surface area contributed by atoms with Crippen molar-refractivity contribution >= 4 is 5.91 Å². The van der Waals surface area contributed by atoms with E-state index in [1.54, 1.807) is 36.4 Å². The van der Waals surface area contributed by atoms with E-state index < -0.39 is 6.10 Å². The summed E-state index contributed by atoms with van der Waals surface area (Å²) >= 11 is 0. The van der Waals surface area contributed by atoms with E-state index >= 15 is 0 Å². The molecule has 0 aliphatic rings. The van der Waals surface area contributed by atoms with Crippen molar-refractivity contribution < 1.29 is 19.1 Å². The minimum atomic E-state index is -0.871. The molecule has 0 aliphatic carbocycles. The average Bonchev–Trinajstić information content (AvgIpc) is 3.05. The molecule has 6 nitrogen and oxygen atoms in total. The van der Waals surface area contributed by atoms with Gasteiger partial charge in [-0.2, -0.15) is 5.26 Å². The van der Waals surface area contributed by atoms with Gasteiger partial charge >= 0.3 is 0 Å². The maximum Gasteiger partial charge on any atom is 0.224 e. The Balaban J connectivity index is 1.83. The summed E-state index contributed by atoms with van der Waals surface area (Å²) in [6.45, 7) is 0.0436. The van der Waals surface area contributed by atoms with Crippen molar-refractivity contribution in [2.24, 2.45) is 0 Å². The van der Waals surface area contributed by atoms with Crippen LogP contribution in [0.2, 0.25) is 0 Å². The fourth-order valence-corrected chi connectivity index (χ4v) is 1.90. The summed E-state index contributed by atoms with van der Waals surface area (Å²) in [7, 11) is 0. The van der Waals surface area contributed by atoms with Crippen molar-refractivity contribution in [3.05, 3.63) is 54.0 Å². The van der Waals surface area contributed by atoms with Gasteiger partial charge in [-0.3, -0.25) is 4.79 Å². The first-order chi connectivity index (χ1) is 10.7. The van der Waals surface area contributed by atoms with Crippen molar-refractivity contribution in [1.29, 1.82) is 5.26 Å². The highest BCUT2D eigenvalue weighted by molar-refractivity contribution is 5.78. The third-order valence-electron chi connectivity index (χ3n) is 2.93. The smallest absolute Gasteiger partial charge is 0.224 e. The van der Waals surface area contributed by atoms with E-state index in [0.717, 1.165) is 5.56 Å². The van der Waals surface area contributed by atoms with Crippen molar-refractivity contribution in [2.75, 3.05) is 13.2 Å². The number of carbonyl (C=O) groups excluding carboxylic acids is 1. The Labute approximate surface area is 127 Å². The van der Waals surface area contributed by atoms with Crippen LogP contribution in [0.25, 0.3) is 0 Å². The molecule has 0 saturated carbocycles. The summed E-state index contributed by atoms with van der Waals surface area (Å²) in [5, 5.41) is 20.9. The molecule has 1 aromatic heterocycles. The van der Waals surface area contributed by atoms with Gasteiger partial charge in [0.1, 0.15) is 23.7 Å². The zero-order valence-electron chi connectivity index (χ0n) is 11.9. The van der Waals surface area contributed by atoms with Crippen LogP contribution in [0.5, 0.6) is 5.75 Å². The lowest BCUT2D eigenvalue weighted by molar-refractivity contribution is -0.120. The van der Waals surface area contributed by atoms with E-state index in [1.165, 1.54) is 6.26 Å². The first-order valence-corrected chi connectivity index (χ1v) is 6.76. The monoisotopic (exact) mass is 300 g/mol. The number of hydrogen-bond acceptors (Lipinski definition) is 5. The van der Waals surface area contributed by atoms with Crippen LogP contribution in [0.3, 0.4) is 0 Å². The Morgan fingerprint density at radius 2 is 2.27 bits per heavy atom. The van der Waals surface area contributed by atoms with Crippen LogP contribution in [-0.2, 0) is 11.2 Å². The van der Waals surface area contributed by atoms with Crippen LogP contribution in [-0.4, -0.2) is 24.2 Å².